The Morgan fingerprint density at radius 1 is 1.26 bits per heavy atom. The van der Waals surface area contributed by atoms with Crippen LogP contribution in [0.4, 0.5) is 0 Å². The van der Waals surface area contributed by atoms with Crippen LogP contribution in [0.2, 0.25) is 0 Å². The van der Waals surface area contributed by atoms with E-state index in [1.54, 1.807) is 0 Å². The van der Waals surface area contributed by atoms with E-state index in [4.69, 9.17) is 0 Å². The van der Waals surface area contributed by atoms with Crippen LogP contribution in [0.25, 0.3) is 5.82 Å². The zero-order chi connectivity index (χ0) is 13.7. The lowest BCUT2D eigenvalue weighted by Gasteiger charge is -2.14. The Morgan fingerprint density at radius 3 is 2.74 bits per heavy atom. The van der Waals surface area contributed by atoms with E-state index in [0.717, 1.165) is 31.0 Å². The molecule has 102 valence electrons. The fourth-order valence-electron chi connectivity index (χ4n) is 2.08. The fraction of sp³-hybridized carbons (Fsp3) is 0.467. The highest BCUT2D eigenvalue weighted by molar-refractivity contribution is 5.28. The summed E-state index contributed by atoms with van der Waals surface area (Å²) < 4.78 is 2.04. The molecule has 0 aliphatic carbocycles. The first kappa shape index (κ1) is 13.7. The first-order valence-corrected chi connectivity index (χ1v) is 6.98. The number of pyridine rings is 1. The van der Waals surface area contributed by atoms with Gasteiger partial charge in [0.25, 0.3) is 0 Å². The van der Waals surface area contributed by atoms with E-state index in [1.807, 2.05) is 23.2 Å². The molecule has 0 radical (unpaired) electrons. The van der Waals surface area contributed by atoms with E-state index in [2.05, 4.69) is 48.2 Å². The highest BCUT2D eigenvalue weighted by Gasteiger charge is 2.07. The van der Waals surface area contributed by atoms with Crippen LogP contribution in [-0.2, 0) is 6.42 Å². The van der Waals surface area contributed by atoms with Gasteiger partial charge in [-0.2, -0.15) is 0 Å². The van der Waals surface area contributed by atoms with Gasteiger partial charge < -0.3 is 5.32 Å². The molecule has 2 heterocycles. The summed E-state index contributed by atoms with van der Waals surface area (Å²) in [5.74, 6) is 1.97. The lowest BCUT2D eigenvalue weighted by molar-refractivity contribution is 0.569. The summed E-state index contributed by atoms with van der Waals surface area (Å²) >= 11 is 0. The second kappa shape index (κ2) is 6.48. The molecule has 0 aliphatic rings. The van der Waals surface area contributed by atoms with Gasteiger partial charge in [-0.05, 0) is 31.5 Å². The van der Waals surface area contributed by atoms with Gasteiger partial charge in [-0.25, -0.2) is 9.97 Å². The molecule has 0 saturated carbocycles. The average Bonchev–Trinajstić information content (AvgIpc) is 2.93. The van der Waals surface area contributed by atoms with E-state index in [9.17, 15) is 0 Å². The van der Waals surface area contributed by atoms with Crippen LogP contribution in [0.5, 0.6) is 0 Å². The number of nitrogens with zero attached hydrogens (tertiary/aromatic N) is 3. The van der Waals surface area contributed by atoms with Gasteiger partial charge >= 0.3 is 0 Å². The van der Waals surface area contributed by atoms with E-state index >= 15 is 0 Å². The van der Waals surface area contributed by atoms with Gasteiger partial charge in [-0.1, -0.05) is 19.9 Å². The minimum absolute atomic E-state index is 0.343. The zero-order valence-corrected chi connectivity index (χ0v) is 11.9. The molecule has 0 bridgehead atoms. The van der Waals surface area contributed by atoms with Crippen molar-refractivity contribution in [1.29, 1.82) is 0 Å². The molecular formula is C15H22N4. The van der Waals surface area contributed by atoms with Gasteiger partial charge in [0.1, 0.15) is 11.6 Å². The molecule has 1 unspecified atom stereocenters. The van der Waals surface area contributed by atoms with Crippen molar-refractivity contribution in [2.75, 3.05) is 6.54 Å². The van der Waals surface area contributed by atoms with Gasteiger partial charge in [-0.15, -0.1) is 0 Å². The Bertz CT molecular complexity index is 501. The summed E-state index contributed by atoms with van der Waals surface area (Å²) in [5, 5.41) is 3.47. The summed E-state index contributed by atoms with van der Waals surface area (Å²) in [5.41, 5.74) is 1.22. The maximum absolute atomic E-state index is 4.54. The summed E-state index contributed by atoms with van der Waals surface area (Å²) in [6.45, 7) is 7.47. The van der Waals surface area contributed by atoms with Crippen molar-refractivity contribution in [3.8, 4) is 5.82 Å². The Kier molecular flexibility index (Phi) is 4.68. The number of imidazole rings is 1. The molecule has 19 heavy (non-hydrogen) atoms. The summed E-state index contributed by atoms with van der Waals surface area (Å²) in [6.07, 6.45) is 7.77. The molecule has 4 nitrogen and oxygen atoms in total. The molecule has 2 aromatic heterocycles. The van der Waals surface area contributed by atoms with Crippen molar-refractivity contribution >= 4 is 0 Å². The number of nitrogens with one attached hydrogen (secondary N) is 1. The third kappa shape index (κ3) is 3.20. The molecule has 0 amide bonds. The van der Waals surface area contributed by atoms with E-state index in [-0.39, 0.29) is 0 Å². The fourth-order valence-corrected chi connectivity index (χ4v) is 2.08. The van der Waals surface area contributed by atoms with Crippen molar-refractivity contribution in [2.24, 2.45) is 0 Å². The van der Waals surface area contributed by atoms with Crippen LogP contribution < -0.4 is 5.32 Å². The molecule has 1 atom stereocenters. The molecule has 2 rings (SSSR count). The van der Waals surface area contributed by atoms with Crippen LogP contribution in [0.3, 0.4) is 0 Å². The van der Waals surface area contributed by atoms with Gasteiger partial charge in [0, 0.05) is 31.1 Å². The molecule has 0 aromatic carbocycles. The summed E-state index contributed by atoms with van der Waals surface area (Å²) in [6, 6.07) is 4.53. The topological polar surface area (TPSA) is 42.7 Å². The first-order chi connectivity index (χ1) is 9.26. The van der Waals surface area contributed by atoms with Crippen LogP contribution in [0.15, 0.2) is 30.7 Å². The van der Waals surface area contributed by atoms with Crippen molar-refractivity contribution in [2.45, 2.75) is 39.7 Å². The maximum Gasteiger partial charge on any atom is 0.137 e. The average molecular weight is 258 g/mol. The van der Waals surface area contributed by atoms with Crippen molar-refractivity contribution in [3.63, 3.8) is 0 Å². The number of aryl methyl sites for hydroxylation is 1. The number of rotatable bonds is 6. The molecule has 4 heteroatoms. The second-order valence-electron chi connectivity index (χ2n) is 4.69. The lowest BCUT2D eigenvalue weighted by Crippen LogP contribution is -2.19. The quantitative estimate of drug-likeness (QED) is 0.866. The predicted molar refractivity (Wildman–Crippen MR) is 77.4 cm³/mol. The Hall–Kier alpha value is -1.68. The van der Waals surface area contributed by atoms with Crippen molar-refractivity contribution in [3.05, 3.63) is 42.1 Å². The maximum atomic E-state index is 4.54. The van der Waals surface area contributed by atoms with Gasteiger partial charge in [0.15, 0.2) is 0 Å². The van der Waals surface area contributed by atoms with E-state index in [1.165, 1.54) is 5.56 Å². The predicted octanol–water partition coefficient (Wildman–Crippen LogP) is 2.89. The van der Waals surface area contributed by atoms with Crippen molar-refractivity contribution < 1.29 is 0 Å². The molecule has 0 fully saturated rings. The van der Waals surface area contributed by atoms with Crippen LogP contribution in [0, 0.1) is 0 Å². The molecule has 0 aliphatic heterocycles. The van der Waals surface area contributed by atoms with Crippen LogP contribution >= 0.6 is 0 Å². The largest absolute Gasteiger partial charge is 0.310 e. The third-order valence-corrected chi connectivity index (χ3v) is 3.25. The molecule has 0 saturated heterocycles. The van der Waals surface area contributed by atoms with Crippen LogP contribution in [0.1, 0.15) is 44.6 Å². The summed E-state index contributed by atoms with van der Waals surface area (Å²) in [7, 11) is 0. The number of hydrogen-bond acceptors (Lipinski definition) is 3. The van der Waals surface area contributed by atoms with Crippen LogP contribution in [-0.4, -0.2) is 21.1 Å². The van der Waals surface area contributed by atoms with Gasteiger partial charge in [0.05, 0.1) is 0 Å². The zero-order valence-electron chi connectivity index (χ0n) is 11.9. The Morgan fingerprint density at radius 2 is 2.11 bits per heavy atom. The number of hydrogen-bond donors (Lipinski definition) is 1. The SMILES string of the molecule is CCCNC(C)c1ccc(-n2ccnc2CC)nc1. The molecular weight excluding hydrogens is 236 g/mol. The van der Waals surface area contributed by atoms with E-state index in [0.29, 0.717) is 6.04 Å². The normalized spacial score (nSPS) is 12.6. The van der Waals surface area contributed by atoms with Gasteiger partial charge in [-0.3, -0.25) is 4.57 Å². The van der Waals surface area contributed by atoms with Crippen molar-refractivity contribution in [1.82, 2.24) is 19.9 Å². The molecule has 1 N–H and O–H groups in total. The minimum Gasteiger partial charge on any atom is -0.310 e. The van der Waals surface area contributed by atoms with E-state index < -0.39 is 0 Å². The highest BCUT2D eigenvalue weighted by Crippen LogP contribution is 2.14. The lowest BCUT2D eigenvalue weighted by atomic mass is 10.1. The first-order valence-electron chi connectivity index (χ1n) is 6.98. The summed E-state index contributed by atoms with van der Waals surface area (Å²) in [4.78, 5) is 8.86. The highest BCUT2D eigenvalue weighted by atomic mass is 15.1. The molecule has 2 aromatic rings. The Labute approximate surface area is 114 Å². The standard InChI is InChI=1S/C15H22N4/c1-4-8-16-12(3)13-6-7-15(18-11-13)19-10-9-17-14(19)5-2/h6-7,9-12,16H,4-5,8H2,1-3H3. The second-order valence-corrected chi connectivity index (χ2v) is 4.69. The number of aromatic nitrogens is 3. The Balaban J connectivity index is 2.14. The monoisotopic (exact) mass is 258 g/mol. The minimum atomic E-state index is 0.343. The molecule has 0 spiro atoms. The van der Waals surface area contributed by atoms with Gasteiger partial charge in [0.2, 0.25) is 0 Å². The smallest absolute Gasteiger partial charge is 0.137 e. The third-order valence-electron chi connectivity index (χ3n) is 3.25.